The Labute approximate surface area is 94.5 Å². The lowest BCUT2D eigenvalue weighted by Gasteiger charge is -1.95. The highest BCUT2D eigenvalue weighted by molar-refractivity contribution is 7.13. The maximum atomic E-state index is 11.6. The predicted octanol–water partition coefficient (Wildman–Crippen LogP) is -0.659. The summed E-state index contributed by atoms with van der Waals surface area (Å²) in [4.78, 5) is 11.6. The van der Waals surface area contributed by atoms with Gasteiger partial charge in [-0.2, -0.15) is 0 Å². The first-order chi connectivity index (χ1) is 7.79. The van der Waals surface area contributed by atoms with Crippen LogP contribution in [0.15, 0.2) is 11.7 Å². The first-order valence-electron chi connectivity index (χ1n) is 4.47. The van der Waals surface area contributed by atoms with Crippen LogP contribution in [0.25, 0.3) is 0 Å². The summed E-state index contributed by atoms with van der Waals surface area (Å²) >= 11 is 1.23. The van der Waals surface area contributed by atoms with E-state index in [4.69, 9.17) is 5.73 Å². The summed E-state index contributed by atoms with van der Waals surface area (Å²) in [6.07, 6.45) is 1.53. The lowest BCUT2D eigenvalue weighted by Crippen LogP contribution is -2.12. The van der Waals surface area contributed by atoms with Crippen LogP contribution in [-0.2, 0) is 6.54 Å². The van der Waals surface area contributed by atoms with Gasteiger partial charge in [0, 0.05) is 6.54 Å². The molecule has 16 heavy (non-hydrogen) atoms. The summed E-state index contributed by atoms with van der Waals surface area (Å²) in [6.45, 7) is 0.972. The first-order valence-corrected chi connectivity index (χ1v) is 5.35. The molecule has 0 saturated heterocycles. The van der Waals surface area contributed by atoms with Crippen LogP contribution in [0.5, 0.6) is 0 Å². The number of nitrogens with one attached hydrogen (secondary N) is 1. The Morgan fingerprint density at radius 2 is 2.44 bits per heavy atom. The van der Waals surface area contributed by atoms with E-state index >= 15 is 0 Å². The fourth-order valence-electron chi connectivity index (χ4n) is 1.03. The Bertz CT molecular complexity index is 465. The zero-order valence-corrected chi connectivity index (χ0v) is 9.02. The van der Waals surface area contributed by atoms with Crippen molar-refractivity contribution in [1.29, 1.82) is 0 Å². The molecule has 0 aliphatic carbocycles. The van der Waals surface area contributed by atoms with E-state index in [1.807, 2.05) is 0 Å². The Balaban J connectivity index is 2.03. The van der Waals surface area contributed by atoms with Gasteiger partial charge in [0.25, 0.3) is 5.91 Å². The minimum atomic E-state index is -0.361. The summed E-state index contributed by atoms with van der Waals surface area (Å²) in [6, 6.07) is 0. The lowest BCUT2D eigenvalue weighted by molar-refractivity contribution is 0.102. The minimum Gasteiger partial charge on any atom is -0.329 e. The Kier molecular flexibility index (Phi) is 3.17. The molecule has 1 amide bonds. The Morgan fingerprint density at radius 1 is 1.56 bits per heavy atom. The summed E-state index contributed by atoms with van der Waals surface area (Å²) in [5.41, 5.74) is 7.10. The van der Waals surface area contributed by atoms with Crippen LogP contribution in [0.4, 0.5) is 5.13 Å². The quantitative estimate of drug-likeness (QED) is 0.732. The molecule has 2 aromatic rings. The number of nitrogens with zero attached hydrogens (tertiary/aromatic N) is 5. The van der Waals surface area contributed by atoms with Crippen molar-refractivity contribution < 1.29 is 4.79 Å². The average Bonchev–Trinajstić information content (AvgIpc) is 2.89. The van der Waals surface area contributed by atoms with Gasteiger partial charge in [-0.25, -0.2) is 0 Å². The topological polar surface area (TPSA) is 112 Å². The van der Waals surface area contributed by atoms with Crippen molar-refractivity contribution in [2.45, 2.75) is 6.54 Å². The number of carbonyl (C=O) groups is 1. The van der Waals surface area contributed by atoms with Gasteiger partial charge in [-0.15, -0.1) is 15.3 Å². The third-order valence-corrected chi connectivity index (χ3v) is 2.32. The van der Waals surface area contributed by atoms with E-state index in [-0.39, 0.29) is 11.6 Å². The number of hydrogen-bond acceptors (Lipinski definition) is 7. The third-order valence-electron chi connectivity index (χ3n) is 1.71. The highest BCUT2D eigenvalue weighted by atomic mass is 32.1. The summed E-state index contributed by atoms with van der Waals surface area (Å²) in [5.74, 6) is -0.361. The van der Waals surface area contributed by atoms with Gasteiger partial charge in [-0.3, -0.25) is 14.8 Å². The van der Waals surface area contributed by atoms with Gasteiger partial charge in [0.1, 0.15) is 5.51 Å². The highest BCUT2D eigenvalue weighted by Crippen LogP contribution is 2.09. The predicted molar refractivity (Wildman–Crippen MR) is 56.9 cm³/mol. The molecule has 0 aliphatic rings. The molecule has 0 radical (unpaired) electrons. The van der Waals surface area contributed by atoms with Crippen LogP contribution in [0.2, 0.25) is 0 Å². The molecule has 0 spiro atoms. The van der Waals surface area contributed by atoms with E-state index in [2.05, 4.69) is 25.8 Å². The zero-order valence-electron chi connectivity index (χ0n) is 8.20. The number of aromatic nitrogens is 5. The van der Waals surface area contributed by atoms with Gasteiger partial charge in [0.15, 0.2) is 5.69 Å². The van der Waals surface area contributed by atoms with Crippen LogP contribution in [-0.4, -0.2) is 37.6 Å². The lowest BCUT2D eigenvalue weighted by atomic mass is 10.4. The molecule has 2 rings (SSSR count). The molecule has 2 heterocycles. The molecular weight excluding hydrogens is 230 g/mol. The Morgan fingerprint density at radius 3 is 3.12 bits per heavy atom. The van der Waals surface area contributed by atoms with Crippen molar-refractivity contribution in [3.63, 3.8) is 0 Å². The van der Waals surface area contributed by atoms with E-state index in [0.29, 0.717) is 18.2 Å². The smallest absolute Gasteiger partial charge is 0.279 e. The van der Waals surface area contributed by atoms with Crippen molar-refractivity contribution in [2.75, 3.05) is 11.9 Å². The fourth-order valence-corrected chi connectivity index (χ4v) is 1.47. The molecule has 9 heteroatoms. The second-order valence-electron chi connectivity index (χ2n) is 2.85. The number of rotatable bonds is 4. The minimum absolute atomic E-state index is 0.226. The van der Waals surface area contributed by atoms with Crippen molar-refractivity contribution in [2.24, 2.45) is 5.73 Å². The molecule has 3 N–H and O–H groups in total. The maximum Gasteiger partial charge on any atom is 0.279 e. The molecule has 0 atom stereocenters. The summed E-state index contributed by atoms with van der Waals surface area (Å²) < 4.78 is 1.51. The van der Waals surface area contributed by atoms with E-state index < -0.39 is 0 Å². The van der Waals surface area contributed by atoms with Gasteiger partial charge < -0.3 is 5.73 Å². The number of hydrogen-bond donors (Lipinski definition) is 2. The number of amides is 1. The average molecular weight is 239 g/mol. The van der Waals surface area contributed by atoms with Crippen LogP contribution >= 0.6 is 11.3 Å². The van der Waals surface area contributed by atoms with Crippen molar-refractivity contribution >= 4 is 22.4 Å². The largest absolute Gasteiger partial charge is 0.329 e. The van der Waals surface area contributed by atoms with Gasteiger partial charge >= 0.3 is 0 Å². The second kappa shape index (κ2) is 4.77. The number of nitrogens with two attached hydrogens (primary N) is 1. The van der Waals surface area contributed by atoms with Gasteiger partial charge in [-0.05, 0) is 0 Å². The van der Waals surface area contributed by atoms with Gasteiger partial charge in [-0.1, -0.05) is 16.6 Å². The first kappa shape index (κ1) is 10.6. The molecule has 0 saturated carbocycles. The number of carbonyl (C=O) groups excluding carboxylic acids is 1. The highest BCUT2D eigenvalue weighted by Gasteiger charge is 2.11. The van der Waals surface area contributed by atoms with Crippen molar-refractivity contribution in [3.05, 3.63) is 17.4 Å². The number of anilines is 1. The molecule has 8 nitrogen and oxygen atoms in total. The van der Waals surface area contributed by atoms with Crippen molar-refractivity contribution in [1.82, 2.24) is 25.2 Å². The molecule has 0 aliphatic heterocycles. The van der Waals surface area contributed by atoms with Gasteiger partial charge in [0.05, 0.1) is 12.7 Å². The second-order valence-corrected chi connectivity index (χ2v) is 3.69. The molecule has 2 aromatic heterocycles. The van der Waals surface area contributed by atoms with Crippen LogP contribution in [0, 0.1) is 0 Å². The van der Waals surface area contributed by atoms with E-state index in [1.54, 1.807) is 0 Å². The molecule has 84 valence electrons. The molecule has 0 fully saturated rings. The maximum absolute atomic E-state index is 11.6. The standard InChI is InChI=1S/C7H9N7OS/c8-1-2-14-3-5(11-13-14)6(15)10-7-12-9-4-16-7/h3-4H,1-2,8H2,(H,10,12,15). The SMILES string of the molecule is NCCn1cc(C(=O)Nc2nncs2)nn1. The van der Waals surface area contributed by atoms with Crippen LogP contribution < -0.4 is 11.1 Å². The van der Waals surface area contributed by atoms with E-state index in [0.717, 1.165) is 0 Å². The zero-order chi connectivity index (χ0) is 11.4. The summed E-state index contributed by atoms with van der Waals surface area (Å²) in [5, 5.41) is 17.7. The molecular formula is C7H9N7OS. The van der Waals surface area contributed by atoms with E-state index in [9.17, 15) is 4.79 Å². The fraction of sp³-hybridized carbons (Fsp3) is 0.286. The monoisotopic (exact) mass is 239 g/mol. The van der Waals surface area contributed by atoms with Crippen LogP contribution in [0.1, 0.15) is 10.5 Å². The molecule has 0 unspecified atom stereocenters. The van der Waals surface area contributed by atoms with Gasteiger partial charge in [0.2, 0.25) is 5.13 Å². The van der Waals surface area contributed by atoms with Crippen LogP contribution in [0.3, 0.4) is 0 Å². The summed E-state index contributed by atoms with van der Waals surface area (Å²) in [7, 11) is 0. The van der Waals surface area contributed by atoms with E-state index in [1.165, 1.54) is 27.7 Å². The van der Waals surface area contributed by atoms with Crippen molar-refractivity contribution in [3.8, 4) is 0 Å². The normalized spacial score (nSPS) is 10.3. The molecule has 0 bridgehead atoms. The molecule has 0 aromatic carbocycles. The third kappa shape index (κ3) is 2.38. The Hall–Kier alpha value is -1.87.